The summed E-state index contributed by atoms with van der Waals surface area (Å²) in [7, 11) is 0. The monoisotopic (exact) mass is 728 g/mol. The van der Waals surface area contributed by atoms with Crippen LogP contribution in [0.5, 0.6) is 0 Å². The van der Waals surface area contributed by atoms with Gasteiger partial charge in [-0.1, -0.05) is 61.3 Å². The molecule has 3 nitrogen and oxygen atoms in total. The van der Waals surface area contributed by atoms with Gasteiger partial charge in [-0.15, -0.1) is 29.8 Å². The quantitative estimate of drug-likeness (QED) is 0.324. The summed E-state index contributed by atoms with van der Waals surface area (Å²) in [5.74, 6) is 0.643. The van der Waals surface area contributed by atoms with Crippen molar-refractivity contribution in [1.29, 1.82) is 0 Å². The second-order valence-corrected chi connectivity index (χ2v) is 8.65. The first-order chi connectivity index (χ1) is 16.7. The van der Waals surface area contributed by atoms with E-state index in [1.165, 1.54) is 12.5 Å². The van der Waals surface area contributed by atoms with Crippen LogP contribution < -0.4 is 21.1 Å². The van der Waals surface area contributed by atoms with Gasteiger partial charge in [0.2, 0.25) is 0 Å². The van der Waals surface area contributed by atoms with Gasteiger partial charge in [0.25, 0.3) is 0 Å². The van der Waals surface area contributed by atoms with Crippen LogP contribution in [0.3, 0.4) is 0 Å². The SMILES string of the molecule is CC.CCC.CCC(C)CC(CC)NC1=c2cnccc2=C(c2[c-]cc(C(F)(F)F)cc2)NCC1.[U]. The number of rotatable bonds is 7. The van der Waals surface area contributed by atoms with Crippen molar-refractivity contribution in [1.82, 2.24) is 15.6 Å². The molecule has 1 aromatic heterocycles. The fourth-order valence-electron chi connectivity index (χ4n) is 3.77. The first kappa shape index (κ1) is 34.6. The second kappa shape index (κ2) is 17.9. The fourth-order valence-corrected chi connectivity index (χ4v) is 3.77. The molecule has 0 spiro atoms. The molecule has 2 atom stereocenters. The zero-order valence-electron chi connectivity index (χ0n) is 22.9. The van der Waals surface area contributed by atoms with Crippen LogP contribution in [-0.2, 0) is 6.18 Å². The van der Waals surface area contributed by atoms with E-state index in [1.807, 2.05) is 26.1 Å². The number of pyridine rings is 1. The Bertz CT molecular complexity index is 988. The minimum Gasteiger partial charge on any atom is -0.422 e. The van der Waals surface area contributed by atoms with Crippen molar-refractivity contribution in [3.63, 3.8) is 0 Å². The summed E-state index contributed by atoms with van der Waals surface area (Å²) in [6.45, 7) is 15.6. The van der Waals surface area contributed by atoms with E-state index in [9.17, 15) is 13.2 Å². The van der Waals surface area contributed by atoms with Crippen LogP contribution in [0, 0.1) is 43.1 Å². The molecule has 0 radical (unpaired) electrons. The molecule has 2 aromatic rings. The number of aromatic nitrogens is 1. The summed E-state index contributed by atoms with van der Waals surface area (Å²) in [5.41, 5.74) is 1.83. The van der Waals surface area contributed by atoms with Gasteiger partial charge in [-0.3, -0.25) is 4.98 Å². The number of nitrogens with zero attached hydrogens (tertiary/aromatic N) is 1. The van der Waals surface area contributed by atoms with Crippen LogP contribution in [0.2, 0.25) is 0 Å². The molecule has 0 bridgehead atoms. The summed E-state index contributed by atoms with van der Waals surface area (Å²) < 4.78 is 38.8. The molecule has 0 saturated carbocycles. The average molecular weight is 729 g/mol. The van der Waals surface area contributed by atoms with Gasteiger partial charge in [-0.2, -0.15) is 13.2 Å². The fraction of sp³-hybridized carbons (Fsp3) is 0.552. The van der Waals surface area contributed by atoms with Crippen LogP contribution in [0.1, 0.15) is 91.7 Å². The van der Waals surface area contributed by atoms with Gasteiger partial charge in [0.05, 0.1) is 0 Å². The third-order valence-corrected chi connectivity index (χ3v) is 5.76. The van der Waals surface area contributed by atoms with Gasteiger partial charge in [0.15, 0.2) is 0 Å². The number of fused-ring (bicyclic) bond motifs is 1. The predicted molar refractivity (Wildman–Crippen MR) is 141 cm³/mol. The minimum atomic E-state index is -4.37. The van der Waals surface area contributed by atoms with E-state index in [-0.39, 0.29) is 31.1 Å². The summed E-state index contributed by atoms with van der Waals surface area (Å²) in [4.78, 5) is 4.31. The van der Waals surface area contributed by atoms with Gasteiger partial charge in [0, 0.05) is 73.4 Å². The van der Waals surface area contributed by atoms with Crippen molar-refractivity contribution in [2.24, 2.45) is 5.92 Å². The molecule has 1 aliphatic heterocycles. The first-order valence-electron chi connectivity index (χ1n) is 13.0. The zero-order chi connectivity index (χ0) is 26.4. The number of nitrogens with one attached hydrogen (secondary N) is 2. The maximum Gasteiger partial charge on any atom is 0.381 e. The van der Waals surface area contributed by atoms with E-state index in [2.05, 4.69) is 56.3 Å². The van der Waals surface area contributed by atoms with E-state index in [0.717, 1.165) is 59.6 Å². The maximum absolute atomic E-state index is 12.9. The normalized spacial score (nSPS) is 14.3. The third-order valence-electron chi connectivity index (χ3n) is 5.76. The van der Waals surface area contributed by atoms with Gasteiger partial charge in [-0.05, 0) is 41.3 Å². The van der Waals surface area contributed by atoms with Crippen LogP contribution >= 0.6 is 0 Å². The van der Waals surface area contributed by atoms with Gasteiger partial charge in [-0.25, -0.2) is 0 Å². The first-order valence-corrected chi connectivity index (χ1v) is 13.0. The molecule has 36 heavy (non-hydrogen) atoms. The largest absolute Gasteiger partial charge is 0.422 e. The van der Waals surface area contributed by atoms with Crippen LogP contribution in [0.25, 0.3) is 11.4 Å². The molecule has 7 heteroatoms. The molecule has 1 aromatic carbocycles. The Balaban J connectivity index is 0.00000190. The van der Waals surface area contributed by atoms with Crippen molar-refractivity contribution in [2.75, 3.05) is 6.54 Å². The maximum atomic E-state index is 12.9. The molecule has 0 fully saturated rings. The number of benzene rings is 1. The third kappa shape index (κ3) is 10.5. The molecule has 3 rings (SSSR count). The van der Waals surface area contributed by atoms with Crippen LogP contribution in [0.15, 0.2) is 36.7 Å². The molecule has 2 heterocycles. The smallest absolute Gasteiger partial charge is 0.381 e. The zero-order valence-corrected chi connectivity index (χ0v) is 27.1. The molecule has 1 aliphatic rings. The summed E-state index contributed by atoms with van der Waals surface area (Å²) in [6.07, 6.45) is 4.50. The molecule has 2 N–H and O–H groups in total. The van der Waals surface area contributed by atoms with Crippen molar-refractivity contribution in [3.05, 3.63) is 64.3 Å². The van der Waals surface area contributed by atoms with Gasteiger partial charge in [0.1, 0.15) is 0 Å². The Hall–Kier alpha value is -1.45. The van der Waals surface area contributed by atoms with E-state index < -0.39 is 11.7 Å². The van der Waals surface area contributed by atoms with Crippen molar-refractivity contribution < 1.29 is 44.3 Å². The Morgan fingerprint density at radius 2 is 1.72 bits per heavy atom. The number of halogens is 3. The van der Waals surface area contributed by atoms with E-state index in [4.69, 9.17) is 0 Å². The molecule has 0 amide bonds. The van der Waals surface area contributed by atoms with E-state index >= 15 is 0 Å². The standard InChI is InChI=1S/C24H29F3N3.C3H8.C2H6.U/c1-4-16(3)14-19(5-2)30-22-11-13-29-23(20-10-12-28-15-21(20)22)17-6-8-18(9-7-17)24(25,26)27;1-3-2;1-2;/h6,8-10,12,15-16,19,29-30H,4-5,11,13-14H2,1-3H3;3H2,1-2H3;1-2H3;/q-1;;;. The minimum absolute atomic E-state index is 0. The number of alkyl halides is 3. The van der Waals surface area contributed by atoms with E-state index in [1.54, 1.807) is 6.20 Å². The van der Waals surface area contributed by atoms with Crippen LogP contribution in [0.4, 0.5) is 13.2 Å². The van der Waals surface area contributed by atoms with Gasteiger partial charge < -0.3 is 10.6 Å². The predicted octanol–water partition coefficient (Wildman–Crippen LogP) is 6.41. The Morgan fingerprint density at radius 3 is 2.25 bits per heavy atom. The Kier molecular flexibility index (Phi) is 17.2. The summed E-state index contributed by atoms with van der Waals surface area (Å²) >= 11 is 0. The van der Waals surface area contributed by atoms with Crippen LogP contribution in [-0.4, -0.2) is 17.6 Å². The number of hydrogen-bond acceptors (Lipinski definition) is 3. The Morgan fingerprint density at radius 1 is 1.06 bits per heavy atom. The summed E-state index contributed by atoms with van der Waals surface area (Å²) in [6, 6.07) is 8.69. The molecule has 2 unspecified atom stereocenters. The molecule has 200 valence electrons. The molecule has 0 saturated heterocycles. The molecule has 0 aliphatic carbocycles. The van der Waals surface area contributed by atoms with E-state index in [0.29, 0.717) is 24.1 Å². The van der Waals surface area contributed by atoms with Crippen molar-refractivity contribution >= 4 is 11.4 Å². The molecular weight excluding hydrogens is 685 g/mol. The van der Waals surface area contributed by atoms with Crippen molar-refractivity contribution in [2.45, 2.75) is 92.8 Å². The Labute approximate surface area is 239 Å². The summed E-state index contributed by atoms with van der Waals surface area (Å²) in [5, 5.41) is 9.06. The van der Waals surface area contributed by atoms with Crippen molar-refractivity contribution in [3.8, 4) is 0 Å². The average Bonchev–Trinajstić information content (AvgIpc) is 3.04. The topological polar surface area (TPSA) is 37.0 Å². The molecular formula is C29H43F3N3U-. The van der Waals surface area contributed by atoms with Gasteiger partial charge >= 0.3 is 6.18 Å². The second-order valence-electron chi connectivity index (χ2n) is 8.65. The number of hydrogen-bond donors (Lipinski definition) is 2.